The maximum Gasteiger partial charge on any atom is 0.266 e. The fourth-order valence-corrected chi connectivity index (χ4v) is 3.12. The number of aliphatic hydroxyl groups excluding tert-OH is 1. The van der Waals surface area contributed by atoms with Crippen LogP contribution in [0.4, 0.5) is 0 Å². The highest BCUT2D eigenvalue weighted by Gasteiger charge is 2.35. The number of thiazole rings is 1. The van der Waals surface area contributed by atoms with Crippen LogP contribution in [0, 0.1) is 13.8 Å². The molecule has 2 heterocycles. The van der Waals surface area contributed by atoms with Gasteiger partial charge in [0.2, 0.25) is 5.91 Å². The van der Waals surface area contributed by atoms with Crippen LogP contribution in [0.3, 0.4) is 0 Å². The van der Waals surface area contributed by atoms with Crippen molar-refractivity contribution in [2.75, 3.05) is 13.1 Å². The first-order valence-electron chi connectivity index (χ1n) is 6.07. The minimum absolute atomic E-state index is 0.130. The van der Waals surface area contributed by atoms with Gasteiger partial charge in [0.05, 0.1) is 22.8 Å². The van der Waals surface area contributed by atoms with Gasteiger partial charge in [-0.25, -0.2) is 4.98 Å². The zero-order chi connectivity index (χ0) is 14.2. The van der Waals surface area contributed by atoms with Crippen molar-refractivity contribution in [3.05, 3.63) is 15.6 Å². The van der Waals surface area contributed by atoms with Crippen molar-refractivity contribution in [1.29, 1.82) is 0 Å². The lowest BCUT2D eigenvalue weighted by atomic mass is 10.2. The van der Waals surface area contributed by atoms with E-state index in [0.29, 0.717) is 17.1 Å². The number of aryl methyl sites for hydroxylation is 2. The van der Waals surface area contributed by atoms with Gasteiger partial charge in [-0.05, 0) is 13.8 Å². The molecule has 0 aliphatic carbocycles. The third-order valence-electron chi connectivity index (χ3n) is 3.06. The SMILES string of the molecule is CC(=O)N[C@@H]1CN(C(=O)c2sc(C)nc2C)C[C@H]1O. The van der Waals surface area contributed by atoms with Gasteiger partial charge >= 0.3 is 0 Å². The Bertz CT molecular complexity index is 514. The molecule has 0 aromatic carbocycles. The van der Waals surface area contributed by atoms with E-state index in [0.717, 1.165) is 5.01 Å². The number of likely N-dealkylation sites (tertiary alicyclic amines) is 1. The van der Waals surface area contributed by atoms with E-state index in [-0.39, 0.29) is 18.4 Å². The van der Waals surface area contributed by atoms with E-state index >= 15 is 0 Å². The smallest absolute Gasteiger partial charge is 0.266 e. The zero-order valence-electron chi connectivity index (χ0n) is 11.1. The van der Waals surface area contributed by atoms with E-state index < -0.39 is 12.1 Å². The van der Waals surface area contributed by atoms with Crippen molar-refractivity contribution >= 4 is 23.2 Å². The summed E-state index contributed by atoms with van der Waals surface area (Å²) in [4.78, 5) is 29.7. The van der Waals surface area contributed by atoms with Crippen LogP contribution in [0.1, 0.15) is 27.3 Å². The summed E-state index contributed by atoms with van der Waals surface area (Å²) in [6.45, 7) is 5.62. The van der Waals surface area contributed by atoms with Crippen LogP contribution in [0.2, 0.25) is 0 Å². The predicted octanol–water partition coefficient (Wildman–Crippen LogP) is 0.0813. The van der Waals surface area contributed by atoms with Crippen LogP contribution < -0.4 is 5.32 Å². The van der Waals surface area contributed by atoms with Crippen molar-refractivity contribution in [2.24, 2.45) is 0 Å². The number of carbonyl (C=O) groups excluding carboxylic acids is 2. The molecule has 2 N–H and O–H groups in total. The lowest BCUT2D eigenvalue weighted by Crippen LogP contribution is -2.41. The van der Waals surface area contributed by atoms with Crippen molar-refractivity contribution in [3.63, 3.8) is 0 Å². The molecule has 0 radical (unpaired) electrons. The highest BCUT2D eigenvalue weighted by Crippen LogP contribution is 2.22. The number of β-amino-alcohol motifs (C(OH)–C–C–N with tert-alkyl or cyclic N) is 1. The third-order valence-corrected chi connectivity index (χ3v) is 4.12. The lowest BCUT2D eigenvalue weighted by molar-refractivity contribution is -0.120. The minimum atomic E-state index is -0.720. The average Bonchev–Trinajstić information content (AvgIpc) is 2.81. The van der Waals surface area contributed by atoms with Gasteiger partial charge in [0.1, 0.15) is 4.88 Å². The number of nitrogens with zero attached hydrogens (tertiary/aromatic N) is 2. The van der Waals surface area contributed by atoms with E-state index in [1.807, 2.05) is 6.92 Å². The Kier molecular flexibility index (Phi) is 3.86. The highest BCUT2D eigenvalue weighted by molar-refractivity contribution is 7.13. The summed E-state index contributed by atoms with van der Waals surface area (Å²) in [5.74, 6) is -0.335. The molecule has 0 saturated carbocycles. The monoisotopic (exact) mass is 283 g/mol. The van der Waals surface area contributed by atoms with E-state index in [9.17, 15) is 14.7 Å². The Labute approximate surface area is 115 Å². The quantitative estimate of drug-likeness (QED) is 0.805. The summed E-state index contributed by atoms with van der Waals surface area (Å²) in [6, 6.07) is -0.393. The van der Waals surface area contributed by atoms with Crippen LogP contribution in [-0.2, 0) is 4.79 Å². The summed E-state index contributed by atoms with van der Waals surface area (Å²) >= 11 is 1.35. The third kappa shape index (κ3) is 2.93. The molecule has 2 rings (SSSR count). The van der Waals surface area contributed by atoms with Gasteiger partial charge in [-0.15, -0.1) is 11.3 Å². The number of amides is 2. The molecule has 19 heavy (non-hydrogen) atoms. The standard InChI is InChI=1S/C12H17N3O3S/c1-6-11(19-8(3)13-6)12(18)15-4-9(10(17)5-15)14-7(2)16/h9-10,17H,4-5H2,1-3H3,(H,14,16)/t9-,10-/m1/s1. The summed E-state index contributed by atoms with van der Waals surface area (Å²) in [5.41, 5.74) is 0.713. The van der Waals surface area contributed by atoms with Gasteiger partial charge in [-0.3, -0.25) is 9.59 Å². The molecular formula is C12H17N3O3S. The number of hydrogen-bond acceptors (Lipinski definition) is 5. The Morgan fingerprint density at radius 2 is 2.11 bits per heavy atom. The first-order chi connectivity index (χ1) is 8.88. The zero-order valence-corrected chi connectivity index (χ0v) is 12.0. The molecular weight excluding hydrogens is 266 g/mol. The highest BCUT2D eigenvalue weighted by atomic mass is 32.1. The fraction of sp³-hybridized carbons (Fsp3) is 0.583. The second kappa shape index (κ2) is 5.26. The second-order valence-corrected chi connectivity index (χ2v) is 5.94. The largest absolute Gasteiger partial charge is 0.389 e. The number of aromatic nitrogens is 1. The second-order valence-electron chi connectivity index (χ2n) is 4.73. The Morgan fingerprint density at radius 3 is 2.63 bits per heavy atom. The van der Waals surface area contributed by atoms with Crippen LogP contribution >= 0.6 is 11.3 Å². The van der Waals surface area contributed by atoms with Crippen LogP contribution in [0.5, 0.6) is 0 Å². The van der Waals surface area contributed by atoms with Crippen LogP contribution in [-0.4, -0.2) is 52.0 Å². The number of hydrogen-bond donors (Lipinski definition) is 2. The molecule has 104 valence electrons. The molecule has 1 fully saturated rings. The Balaban J connectivity index is 2.10. The lowest BCUT2D eigenvalue weighted by Gasteiger charge is -2.15. The Morgan fingerprint density at radius 1 is 1.42 bits per heavy atom. The molecule has 2 atom stereocenters. The van der Waals surface area contributed by atoms with Gasteiger partial charge < -0.3 is 15.3 Å². The summed E-state index contributed by atoms with van der Waals surface area (Å²) in [5, 5.41) is 13.4. The molecule has 7 heteroatoms. The maximum absolute atomic E-state index is 12.3. The predicted molar refractivity (Wildman–Crippen MR) is 71.1 cm³/mol. The molecule has 0 unspecified atom stereocenters. The molecule has 6 nitrogen and oxygen atoms in total. The van der Waals surface area contributed by atoms with E-state index in [1.165, 1.54) is 18.3 Å². The molecule has 1 saturated heterocycles. The fourth-order valence-electron chi connectivity index (χ4n) is 2.23. The topological polar surface area (TPSA) is 82.5 Å². The van der Waals surface area contributed by atoms with Gasteiger partial charge in [0.15, 0.2) is 0 Å². The number of nitrogens with one attached hydrogen (secondary N) is 1. The van der Waals surface area contributed by atoms with Gasteiger partial charge in [0, 0.05) is 20.0 Å². The maximum atomic E-state index is 12.3. The van der Waals surface area contributed by atoms with Gasteiger partial charge in [0.25, 0.3) is 5.91 Å². The molecule has 1 aliphatic rings. The molecule has 0 bridgehead atoms. The minimum Gasteiger partial charge on any atom is -0.389 e. The molecule has 2 amide bonds. The first kappa shape index (κ1) is 14.0. The van der Waals surface area contributed by atoms with E-state index in [2.05, 4.69) is 10.3 Å². The van der Waals surface area contributed by atoms with Gasteiger partial charge in [-0.1, -0.05) is 0 Å². The summed E-state index contributed by atoms with van der Waals surface area (Å²) in [7, 11) is 0. The number of carbonyl (C=O) groups is 2. The van der Waals surface area contributed by atoms with Crippen molar-refractivity contribution in [3.8, 4) is 0 Å². The van der Waals surface area contributed by atoms with Crippen molar-refractivity contribution in [2.45, 2.75) is 32.9 Å². The number of rotatable bonds is 2. The van der Waals surface area contributed by atoms with Crippen LogP contribution in [0.25, 0.3) is 0 Å². The van der Waals surface area contributed by atoms with E-state index in [4.69, 9.17) is 0 Å². The normalized spacial score (nSPS) is 22.6. The van der Waals surface area contributed by atoms with E-state index in [1.54, 1.807) is 11.8 Å². The summed E-state index contributed by atoms with van der Waals surface area (Å²) < 4.78 is 0. The van der Waals surface area contributed by atoms with Crippen molar-refractivity contribution < 1.29 is 14.7 Å². The molecule has 1 aliphatic heterocycles. The Hall–Kier alpha value is -1.47. The molecule has 1 aromatic rings. The first-order valence-corrected chi connectivity index (χ1v) is 6.88. The van der Waals surface area contributed by atoms with Gasteiger partial charge in [-0.2, -0.15) is 0 Å². The molecule has 1 aromatic heterocycles. The number of aliphatic hydroxyl groups is 1. The van der Waals surface area contributed by atoms with Crippen molar-refractivity contribution in [1.82, 2.24) is 15.2 Å². The summed E-state index contributed by atoms with van der Waals surface area (Å²) in [6.07, 6.45) is -0.720. The van der Waals surface area contributed by atoms with Crippen LogP contribution in [0.15, 0.2) is 0 Å². The average molecular weight is 283 g/mol. The molecule has 0 spiro atoms.